The lowest BCUT2D eigenvalue weighted by atomic mass is 10.0. The van der Waals surface area contributed by atoms with Crippen molar-refractivity contribution < 1.29 is 4.74 Å². The third-order valence-electron chi connectivity index (χ3n) is 2.97. The minimum atomic E-state index is 0.127. The number of rotatable bonds is 5. The molecule has 0 amide bonds. The van der Waals surface area contributed by atoms with E-state index in [9.17, 15) is 0 Å². The molecule has 1 aliphatic rings. The number of hydrogen-bond acceptors (Lipinski definition) is 2. The molecule has 1 atom stereocenters. The summed E-state index contributed by atoms with van der Waals surface area (Å²) in [6.07, 6.45) is 3.99. The lowest BCUT2D eigenvalue weighted by Gasteiger charge is -2.18. The second kappa shape index (κ2) is 4.88. The lowest BCUT2D eigenvalue weighted by Crippen LogP contribution is -2.15. The molecule has 16 heavy (non-hydrogen) atoms. The van der Waals surface area contributed by atoms with Crippen LogP contribution in [0, 0.1) is 5.92 Å². The summed E-state index contributed by atoms with van der Waals surface area (Å²) in [5, 5.41) is 0. The Labute approximate surface area is 97.8 Å². The maximum atomic E-state index is 6.23. The van der Waals surface area contributed by atoms with E-state index in [-0.39, 0.29) is 12.1 Å². The highest BCUT2D eigenvalue weighted by Crippen LogP contribution is 2.38. The zero-order valence-electron chi connectivity index (χ0n) is 10.1. The Morgan fingerprint density at radius 2 is 2.00 bits per heavy atom. The molecule has 2 rings (SSSR count). The van der Waals surface area contributed by atoms with Gasteiger partial charge < -0.3 is 10.5 Å². The Morgan fingerprint density at radius 1 is 1.31 bits per heavy atom. The first-order chi connectivity index (χ1) is 7.66. The fourth-order valence-electron chi connectivity index (χ4n) is 1.99. The van der Waals surface area contributed by atoms with E-state index in [1.807, 2.05) is 32.0 Å². The van der Waals surface area contributed by atoms with E-state index in [2.05, 4.69) is 6.07 Å². The molecule has 1 aromatic carbocycles. The molecule has 0 aliphatic heterocycles. The van der Waals surface area contributed by atoms with E-state index in [1.165, 1.54) is 12.8 Å². The molecule has 2 heteroatoms. The van der Waals surface area contributed by atoms with Crippen LogP contribution >= 0.6 is 0 Å². The third kappa shape index (κ3) is 2.99. The molecule has 1 aliphatic carbocycles. The topological polar surface area (TPSA) is 35.2 Å². The van der Waals surface area contributed by atoms with Gasteiger partial charge in [0.2, 0.25) is 0 Å². The Morgan fingerprint density at radius 3 is 2.62 bits per heavy atom. The number of nitrogens with two attached hydrogens (primary N) is 1. The third-order valence-corrected chi connectivity index (χ3v) is 2.97. The first-order valence-electron chi connectivity index (χ1n) is 6.18. The van der Waals surface area contributed by atoms with E-state index < -0.39 is 0 Å². The van der Waals surface area contributed by atoms with Crippen LogP contribution in [0.4, 0.5) is 0 Å². The Bertz CT molecular complexity index is 344. The molecule has 2 N–H and O–H groups in total. The van der Waals surface area contributed by atoms with Crippen molar-refractivity contribution in [1.82, 2.24) is 0 Å². The van der Waals surface area contributed by atoms with Crippen molar-refractivity contribution in [3.05, 3.63) is 29.8 Å². The summed E-state index contributed by atoms with van der Waals surface area (Å²) in [6, 6.07) is 8.27. The second-order valence-electron chi connectivity index (χ2n) is 4.99. The van der Waals surface area contributed by atoms with Gasteiger partial charge in [0.1, 0.15) is 5.75 Å². The summed E-state index contributed by atoms with van der Waals surface area (Å²) in [6.45, 7) is 4.09. The van der Waals surface area contributed by atoms with Gasteiger partial charge in [-0.3, -0.25) is 0 Å². The molecule has 0 radical (unpaired) electrons. The van der Waals surface area contributed by atoms with Gasteiger partial charge in [-0.25, -0.2) is 0 Å². The first-order valence-corrected chi connectivity index (χ1v) is 6.18. The fraction of sp³-hybridized carbons (Fsp3) is 0.571. The van der Waals surface area contributed by atoms with Crippen LogP contribution in [0.25, 0.3) is 0 Å². The Hall–Kier alpha value is -1.02. The molecule has 0 unspecified atom stereocenters. The van der Waals surface area contributed by atoms with Crippen molar-refractivity contribution in [2.45, 2.75) is 45.3 Å². The summed E-state index contributed by atoms with van der Waals surface area (Å²) in [5.41, 5.74) is 7.39. The molecule has 1 saturated carbocycles. The molecule has 88 valence electrons. The van der Waals surface area contributed by atoms with Crippen LogP contribution in [0.5, 0.6) is 5.75 Å². The van der Waals surface area contributed by atoms with Crippen molar-refractivity contribution >= 4 is 0 Å². The summed E-state index contributed by atoms with van der Waals surface area (Å²) in [7, 11) is 0. The molecule has 0 saturated heterocycles. The van der Waals surface area contributed by atoms with Crippen molar-refractivity contribution in [2.75, 3.05) is 0 Å². The number of ether oxygens (including phenoxy) is 1. The molecule has 0 spiro atoms. The highest BCUT2D eigenvalue weighted by Gasteiger charge is 2.25. The highest BCUT2D eigenvalue weighted by molar-refractivity contribution is 5.36. The van der Waals surface area contributed by atoms with Gasteiger partial charge in [-0.1, -0.05) is 31.0 Å². The molecular weight excluding hydrogens is 198 g/mol. The van der Waals surface area contributed by atoms with Crippen molar-refractivity contribution in [3.8, 4) is 5.75 Å². The van der Waals surface area contributed by atoms with Crippen LogP contribution in [0.1, 0.15) is 44.7 Å². The summed E-state index contributed by atoms with van der Waals surface area (Å²) < 4.78 is 5.79. The highest BCUT2D eigenvalue weighted by atomic mass is 16.5. The predicted molar refractivity (Wildman–Crippen MR) is 66.5 cm³/mol. The molecule has 1 aromatic rings. The van der Waals surface area contributed by atoms with Crippen molar-refractivity contribution in [1.29, 1.82) is 0 Å². The monoisotopic (exact) mass is 219 g/mol. The maximum Gasteiger partial charge on any atom is 0.124 e. The van der Waals surface area contributed by atoms with E-state index in [0.717, 1.165) is 23.7 Å². The van der Waals surface area contributed by atoms with Gasteiger partial charge in [-0.15, -0.1) is 0 Å². The van der Waals surface area contributed by atoms with E-state index in [4.69, 9.17) is 10.5 Å². The summed E-state index contributed by atoms with van der Waals surface area (Å²) in [4.78, 5) is 0. The molecule has 1 fully saturated rings. The summed E-state index contributed by atoms with van der Waals surface area (Å²) >= 11 is 0. The van der Waals surface area contributed by atoms with Gasteiger partial charge >= 0.3 is 0 Å². The van der Waals surface area contributed by atoms with E-state index in [0.29, 0.717) is 0 Å². The maximum absolute atomic E-state index is 6.23. The summed E-state index contributed by atoms with van der Waals surface area (Å²) in [5.74, 6) is 1.80. The van der Waals surface area contributed by atoms with Gasteiger partial charge in [0.05, 0.1) is 6.10 Å². The molecule has 0 heterocycles. The zero-order valence-corrected chi connectivity index (χ0v) is 10.1. The molecule has 2 nitrogen and oxygen atoms in total. The Balaban J connectivity index is 2.10. The van der Waals surface area contributed by atoms with Gasteiger partial charge in [0.25, 0.3) is 0 Å². The molecule has 0 bridgehead atoms. The fourth-order valence-corrected chi connectivity index (χ4v) is 1.99. The van der Waals surface area contributed by atoms with Crippen LogP contribution in [0.3, 0.4) is 0 Å². The van der Waals surface area contributed by atoms with Crippen molar-refractivity contribution in [2.24, 2.45) is 11.7 Å². The average molecular weight is 219 g/mol. The van der Waals surface area contributed by atoms with Crippen LogP contribution in [0.2, 0.25) is 0 Å². The second-order valence-corrected chi connectivity index (χ2v) is 4.99. The van der Waals surface area contributed by atoms with Crippen molar-refractivity contribution in [3.63, 3.8) is 0 Å². The van der Waals surface area contributed by atoms with Crippen LogP contribution in [-0.4, -0.2) is 6.10 Å². The number of hydrogen-bond donors (Lipinski definition) is 1. The smallest absolute Gasteiger partial charge is 0.124 e. The largest absolute Gasteiger partial charge is 0.491 e. The van der Waals surface area contributed by atoms with E-state index >= 15 is 0 Å². The normalized spacial score (nSPS) is 17.5. The van der Waals surface area contributed by atoms with Gasteiger partial charge in [-0.2, -0.15) is 0 Å². The van der Waals surface area contributed by atoms with E-state index in [1.54, 1.807) is 0 Å². The van der Waals surface area contributed by atoms with Gasteiger partial charge in [-0.05, 0) is 32.3 Å². The van der Waals surface area contributed by atoms with Crippen LogP contribution in [0.15, 0.2) is 24.3 Å². The minimum Gasteiger partial charge on any atom is -0.491 e. The Kier molecular flexibility index (Phi) is 3.49. The van der Waals surface area contributed by atoms with Crippen LogP contribution < -0.4 is 10.5 Å². The van der Waals surface area contributed by atoms with Gasteiger partial charge in [0, 0.05) is 11.6 Å². The average Bonchev–Trinajstić information content (AvgIpc) is 3.01. The minimum absolute atomic E-state index is 0.127. The standard InChI is InChI=1S/C14H21NO/c1-10(2)16-14-6-4-3-5-12(14)13(15)9-11-7-8-11/h3-6,10-11,13H,7-9,15H2,1-2H3/t13-/m0/s1. The predicted octanol–water partition coefficient (Wildman–Crippen LogP) is 3.27. The quantitative estimate of drug-likeness (QED) is 0.825. The van der Waals surface area contributed by atoms with Crippen LogP contribution in [-0.2, 0) is 0 Å². The lowest BCUT2D eigenvalue weighted by molar-refractivity contribution is 0.238. The SMILES string of the molecule is CC(C)Oc1ccccc1[C@@H](N)CC1CC1. The molecular formula is C14H21NO. The zero-order chi connectivity index (χ0) is 11.5. The molecule has 0 aromatic heterocycles. The number of benzene rings is 1. The first kappa shape index (κ1) is 11.5. The number of para-hydroxylation sites is 1. The van der Waals surface area contributed by atoms with Gasteiger partial charge in [0.15, 0.2) is 0 Å².